The van der Waals surface area contributed by atoms with E-state index in [4.69, 9.17) is 9.84 Å². The second kappa shape index (κ2) is 9.90. The summed E-state index contributed by atoms with van der Waals surface area (Å²) in [7, 11) is 0. The van der Waals surface area contributed by atoms with E-state index in [0.717, 1.165) is 23.0 Å². The number of rotatable bonds is 8. The molecule has 0 saturated heterocycles. The highest BCUT2D eigenvalue weighted by Gasteiger charge is 2.08. The van der Waals surface area contributed by atoms with Crippen LogP contribution in [0.3, 0.4) is 0 Å². The van der Waals surface area contributed by atoms with Gasteiger partial charge in [0.15, 0.2) is 0 Å². The van der Waals surface area contributed by atoms with E-state index < -0.39 is 6.09 Å². The number of benzene rings is 3. The number of aldehydes is 1. The van der Waals surface area contributed by atoms with Crippen molar-refractivity contribution in [1.29, 1.82) is 0 Å². The summed E-state index contributed by atoms with van der Waals surface area (Å²) in [5.41, 5.74) is 3.82. The van der Waals surface area contributed by atoms with Crippen molar-refractivity contribution in [3.8, 4) is 16.9 Å². The van der Waals surface area contributed by atoms with Crippen LogP contribution < -0.4 is 10.1 Å². The molecule has 0 aliphatic heterocycles. The van der Waals surface area contributed by atoms with Crippen LogP contribution in [0.15, 0.2) is 78.9 Å². The largest absolute Gasteiger partial charge is 0.493 e. The van der Waals surface area contributed by atoms with Gasteiger partial charge in [-0.3, -0.25) is 10.1 Å². The lowest BCUT2D eigenvalue weighted by Gasteiger charge is -2.10. The molecule has 0 aliphatic rings. The molecule has 0 atom stereocenters. The standard InChI is InChI=1S/C24H21NO4/c26-17-19-9-12-21(13-10-19)29-15-5-4-6-18-11-14-22(20-7-2-1-3-8-20)23(16-18)25-24(27)28/h1-4,6-14,16-17,25H,5,15H2,(H,27,28). The predicted octanol–water partition coefficient (Wildman–Crippen LogP) is 5.74. The molecule has 3 aromatic rings. The second-order valence-corrected chi connectivity index (χ2v) is 6.33. The molecule has 0 aliphatic carbocycles. The van der Waals surface area contributed by atoms with E-state index in [1.165, 1.54) is 0 Å². The SMILES string of the molecule is O=Cc1ccc(OCCC=Cc2ccc(-c3ccccc3)c(NC(=O)O)c2)cc1. The van der Waals surface area contributed by atoms with Crippen molar-refractivity contribution in [3.05, 3.63) is 90.0 Å². The highest BCUT2D eigenvalue weighted by Crippen LogP contribution is 2.29. The summed E-state index contributed by atoms with van der Waals surface area (Å²) in [5.74, 6) is 0.712. The Labute approximate surface area is 169 Å². The molecule has 0 heterocycles. The zero-order chi connectivity index (χ0) is 20.5. The van der Waals surface area contributed by atoms with E-state index in [2.05, 4.69) is 5.32 Å². The number of ether oxygens (including phenoxy) is 1. The summed E-state index contributed by atoms with van der Waals surface area (Å²) in [5, 5.41) is 11.6. The molecule has 3 rings (SSSR count). The highest BCUT2D eigenvalue weighted by molar-refractivity contribution is 5.91. The van der Waals surface area contributed by atoms with Gasteiger partial charge in [0.25, 0.3) is 0 Å². The van der Waals surface area contributed by atoms with Crippen LogP contribution in [-0.2, 0) is 0 Å². The van der Waals surface area contributed by atoms with Gasteiger partial charge in [-0.1, -0.05) is 54.6 Å². The summed E-state index contributed by atoms with van der Waals surface area (Å²) in [6, 6.07) is 22.3. The third-order valence-electron chi connectivity index (χ3n) is 4.25. The van der Waals surface area contributed by atoms with Gasteiger partial charge in [0.1, 0.15) is 12.0 Å². The fraction of sp³-hybridized carbons (Fsp3) is 0.0833. The maximum absolute atomic E-state index is 11.2. The summed E-state index contributed by atoms with van der Waals surface area (Å²) >= 11 is 0. The number of anilines is 1. The molecule has 3 aromatic carbocycles. The first-order valence-corrected chi connectivity index (χ1v) is 9.20. The topological polar surface area (TPSA) is 75.6 Å². The second-order valence-electron chi connectivity index (χ2n) is 6.33. The zero-order valence-electron chi connectivity index (χ0n) is 15.7. The van der Waals surface area contributed by atoms with Crippen LogP contribution in [0.1, 0.15) is 22.3 Å². The molecule has 1 amide bonds. The quantitative estimate of drug-likeness (QED) is 0.382. The molecular formula is C24H21NO4. The van der Waals surface area contributed by atoms with E-state index in [9.17, 15) is 9.59 Å². The van der Waals surface area contributed by atoms with Crippen molar-refractivity contribution < 1.29 is 19.4 Å². The Bertz CT molecular complexity index is 995. The normalized spacial score (nSPS) is 10.6. The molecule has 0 aromatic heterocycles. The van der Waals surface area contributed by atoms with E-state index in [1.807, 2.05) is 60.7 Å². The summed E-state index contributed by atoms with van der Waals surface area (Å²) in [6.45, 7) is 0.499. The molecule has 29 heavy (non-hydrogen) atoms. The Morgan fingerprint density at radius 1 is 0.966 bits per heavy atom. The number of amides is 1. The maximum Gasteiger partial charge on any atom is 0.409 e. The van der Waals surface area contributed by atoms with Gasteiger partial charge >= 0.3 is 6.09 Å². The summed E-state index contributed by atoms with van der Waals surface area (Å²) in [4.78, 5) is 21.8. The lowest BCUT2D eigenvalue weighted by Crippen LogP contribution is -2.08. The van der Waals surface area contributed by atoms with Gasteiger partial charge in [-0.05, 0) is 47.9 Å². The molecule has 0 unspecified atom stereocenters. The minimum Gasteiger partial charge on any atom is -0.493 e. The molecule has 2 N–H and O–H groups in total. The van der Waals surface area contributed by atoms with Crippen molar-refractivity contribution in [2.45, 2.75) is 6.42 Å². The molecule has 0 saturated carbocycles. The van der Waals surface area contributed by atoms with Crippen molar-refractivity contribution in [2.24, 2.45) is 0 Å². The van der Waals surface area contributed by atoms with E-state index in [0.29, 0.717) is 30.0 Å². The number of carboxylic acid groups (broad SMARTS) is 1. The van der Waals surface area contributed by atoms with Crippen molar-refractivity contribution >= 4 is 24.1 Å². The van der Waals surface area contributed by atoms with Gasteiger partial charge in [-0.2, -0.15) is 0 Å². The van der Waals surface area contributed by atoms with Gasteiger partial charge in [-0.25, -0.2) is 4.79 Å². The molecular weight excluding hydrogens is 366 g/mol. The number of carbonyl (C=O) groups excluding carboxylic acids is 1. The van der Waals surface area contributed by atoms with Gasteiger partial charge in [0.05, 0.1) is 12.3 Å². The van der Waals surface area contributed by atoms with E-state index in [-0.39, 0.29) is 0 Å². The van der Waals surface area contributed by atoms with Crippen LogP contribution in [0.5, 0.6) is 5.75 Å². The third-order valence-corrected chi connectivity index (χ3v) is 4.25. The first kappa shape index (κ1) is 19.9. The summed E-state index contributed by atoms with van der Waals surface area (Å²) in [6.07, 6.45) is 4.29. The Kier molecular flexibility index (Phi) is 6.79. The summed E-state index contributed by atoms with van der Waals surface area (Å²) < 4.78 is 5.64. The number of hydrogen-bond donors (Lipinski definition) is 2. The maximum atomic E-state index is 11.2. The fourth-order valence-corrected chi connectivity index (χ4v) is 2.86. The van der Waals surface area contributed by atoms with E-state index >= 15 is 0 Å². The van der Waals surface area contributed by atoms with Crippen LogP contribution in [0.25, 0.3) is 17.2 Å². The van der Waals surface area contributed by atoms with Crippen LogP contribution in [0, 0.1) is 0 Å². The van der Waals surface area contributed by atoms with Crippen LogP contribution in [-0.4, -0.2) is 24.1 Å². The molecule has 0 bridgehead atoms. The monoisotopic (exact) mass is 387 g/mol. The Balaban J connectivity index is 1.63. The Morgan fingerprint density at radius 2 is 1.69 bits per heavy atom. The Morgan fingerprint density at radius 3 is 2.38 bits per heavy atom. The first-order valence-electron chi connectivity index (χ1n) is 9.20. The van der Waals surface area contributed by atoms with Gasteiger partial charge in [0.2, 0.25) is 0 Å². The van der Waals surface area contributed by atoms with Crippen molar-refractivity contribution in [2.75, 3.05) is 11.9 Å². The van der Waals surface area contributed by atoms with Crippen LogP contribution in [0.4, 0.5) is 10.5 Å². The zero-order valence-corrected chi connectivity index (χ0v) is 15.7. The van der Waals surface area contributed by atoms with E-state index in [1.54, 1.807) is 24.3 Å². The molecule has 5 heteroatoms. The highest BCUT2D eigenvalue weighted by atomic mass is 16.5. The number of carbonyl (C=O) groups is 2. The molecule has 146 valence electrons. The molecule has 5 nitrogen and oxygen atoms in total. The van der Waals surface area contributed by atoms with Gasteiger partial charge in [-0.15, -0.1) is 0 Å². The van der Waals surface area contributed by atoms with Crippen molar-refractivity contribution in [3.63, 3.8) is 0 Å². The molecule has 0 spiro atoms. The van der Waals surface area contributed by atoms with Crippen LogP contribution >= 0.6 is 0 Å². The minimum absolute atomic E-state index is 0.499. The van der Waals surface area contributed by atoms with Gasteiger partial charge in [0, 0.05) is 11.1 Å². The van der Waals surface area contributed by atoms with Crippen LogP contribution in [0.2, 0.25) is 0 Å². The number of hydrogen-bond acceptors (Lipinski definition) is 3. The number of nitrogens with one attached hydrogen (secondary N) is 1. The average molecular weight is 387 g/mol. The molecule has 0 fully saturated rings. The smallest absolute Gasteiger partial charge is 0.409 e. The third kappa shape index (κ3) is 5.81. The predicted molar refractivity (Wildman–Crippen MR) is 115 cm³/mol. The van der Waals surface area contributed by atoms with Gasteiger partial charge < -0.3 is 9.84 Å². The average Bonchev–Trinajstić information content (AvgIpc) is 2.74. The first-order chi connectivity index (χ1) is 14.2. The lowest BCUT2D eigenvalue weighted by atomic mass is 10.0. The lowest BCUT2D eigenvalue weighted by molar-refractivity contribution is 0.112. The van der Waals surface area contributed by atoms with Crippen molar-refractivity contribution in [1.82, 2.24) is 0 Å². The fourth-order valence-electron chi connectivity index (χ4n) is 2.86. The molecule has 0 radical (unpaired) electrons. The Hall–Kier alpha value is -3.86. The minimum atomic E-state index is -1.10.